The van der Waals surface area contributed by atoms with Crippen molar-refractivity contribution in [2.24, 2.45) is 0 Å². The van der Waals surface area contributed by atoms with Crippen LogP contribution in [0.25, 0.3) is 28.4 Å². The summed E-state index contributed by atoms with van der Waals surface area (Å²) in [6.07, 6.45) is 1.35. The molecule has 0 atom stereocenters. The monoisotopic (exact) mass is 506 g/mol. The molecule has 7 heteroatoms. The van der Waals surface area contributed by atoms with Gasteiger partial charge in [-0.2, -0.15) is 0 Å². The maximum absolute atomic E-state index is 14.1. The third kappa shape index (κ3) is 4.10. The normalized spacial score (nSPS) is 13.4. The molecule has 186 valence electrons. The Morgan fingerprint density at radius 1 is 0.895 bits per heavy atom. The minimum atomic E-state index is -0.651. The number of methoxy groups -OCH3 is 1. The molecule has 2 heterocycles. The molecule has 0 unspecified atom stereocenters. The molecule has 6 nitrogen and oxygen atoms in total. The number of furan rings is 1. The molecule has 0 radical (unpaired) electrons. The standard InChI is InChI=1S/C31H19FO6/c1-35-20-12-14-25-23(16-20)28(30(38-25)18-7-3-2-4-8-18)31(34)36-21-11-13-22-26(17-21)37-27(29(22)33)15-19-9-5-6-10-24(19)32/h2-17H,1H3/b27-15-. The molecule has 1 aliphatic rings. The summed E-state index contributed by atoms with van der Waals surface area (Å²) in [5, 5.41) is 0.538. The topological polar surface area (TPSA) is 75.0 Å². The summed E-state index contributed by atoms with van der Waals surface area (Å²) in [6.45, 7) is 0. The Morgan fingerprint density at radius 3 is 2.45 bits per heavy atom. The van der Waals surface area contributed by atoms with Crippen molar-refractivity contribution >= 4 is 28.8 Å². The summed E-state index contributed by atoms with van der Waals surface area (Å²) in [5.74, 6) is -0.224. The maximum atomic E-state index is 14.1. The van der Waals surface area contributed by atoms with Crippen LogP contribution in [-0.4, -0.2) is 18.9 Å². The van der Waals surface area contributed by atoms with E-state index in [9.17, 15) is 14.0 Å². The van der Waals surface area contributed by atoms with E-state index in [2.05, 4.69) is 0 Å². The van der Waals surface area contributed by atoms with E-state index in [4.69, 9.17) is 18.6 Å². The van der Waals surface area contributed by atoms with E-state index in [-0.39, 0.29) is 39.7 Å². The second-order valence-corrected chi connectivity index (χ2v) is 8.54. The molecule has 0 N–H and O–H groups in total. The van der Waals surface area contributed by atoms with E-state index in [0.717, 1.165) is 0 Å². The van der Waals surface area contributed by atoms with Crippen LogP contribution in [0.3, 0.4) is 0 Å². The van der Waals surface area contributed by atoms with Gasteiger partial charge in [-0.25, -0.2) is 9.18 Å². The Labute approximate surface area is 216 Å². The van der Waals surface area contributed by atoms with Gasteiger partial charge in [0.25, 0.3) is 0 Å². The van der Waals surface area contributed by atoms with Crippen LogP contribution in [0.4, 0.5) is 4.39 Å². The molecule has 1 aliphatic heterocycles. The molecule has 0 saturated heterocycles. The molecule has 0 amide bonds. The van der Waals surface area contributed by atoms with Gasteiger partial charge in [0.05, 0.1) is 12.7 Å². The van der Waals surface area contributed by atoms with E-state index >= 15 is 0 Å². The largest absolute Gasteiger partial charge is 0.497 e. The molecule has 38 heavy (non-hydrogen) atoms. The zero-order valence-corrected chi connectivity index (χ0v) is 20.1. The molecule has 0 fully saturated rings. The van der Waals surface area contributed by atoms with Crippen LogP contribution >= 0.6 is 0 Å². The highest BCUT2D eigenvalue weighted by molar-refractivity contribution is 6.15. The van der Waals surface area contributed by atoms with Gasteiger partial charge in [0.2, 0.25) is 5.78 Å². The number of esters is 1. The van der Waals surface area contributed by atoms with Crippen LogP contribution in [0, 0.1) is 5.82 Å². The molecule has 6 rings (SSSR count). The van der Waals surface area contributed by atoms with Crippen molar-refractivity contribution in [3.63, 3.8) is 0 Å². The predicted octanol–water partition coefficient (Wildman–Crippen LogP) is 7.08. The first-order valence-corrected chi connectivity index (χ1v) is 11.7. The van der Waals surface area contributed by atoms with Gasteiger partial charge < -0.3 is 18.6 Å². The number of ketones is 1. The summed E-state index contributed by atoms with van der Waals surface area (Å²) >= 11 is 0. The summed E-state index contributed by atoms with van der Waals surface area (Å²) in [4.78, 5) is 26.3. The third-order valence-electron chi connectivity index (χ3n) is 6.18. The Bertz CT molecular complexity index is 1750. The van der Waals surface area contributed by atoms with Crippen molar-refractivity contribution in [1.29, 1.82) is 0 Å². The van der Waals surface area contributed by atoms with Crippen LogP contribution in [0.2, 0.25) is 0 Å². The number of allylic oxidation sites excluding steroid dienone is 1. The number of fused-ring (bicyclic) bond motifs is 2. The summed E-state index contributed by atoms with van der Waals surface area (Å²) in [7, 11) is 1.54. The summed E-state index contributed by atoms with van der Waals surface area (Å²) < 4.78 is 36.9. The predicted molar refractivity (Wildman–Crippen MR) is 139 cm³/mol. The number of benzene rings is 4. The van der Waals surface area contributed by atoms with Crippen LogP contribution < -0.4 is 14.2 Å². The van der Waals surface area contributed by atoms with Gasteiger partial charge in [-0.15, -0.1) is 0 Å². The number of rotatable bonds is 5. The van der Waals surface area contributed by atoms with Crippen molar-refractivity contribution in [2.75, 3.05) is 7.11 Å². The lowest BCUT2D eigenvalue weighted by Crippen LogP contribution is -2.09. The average molecular weight is 506 g/mol. The van der Waals surface area contributed by atoms with E-state index in [1.807, 2.05) is 30.3 Å². The highest BCUT2D eigenvalue weighted by Crippen LogP contribution is 2.38. The highest BCUT2D eigenvalue weighted by atomic mass is 19.1. The number of Topliss-reactive ketones (excluding diaryl/α,β-unsaturated/α-hetero) is 1. The highest BCUT2D eigenvalue weighted by Gasteiger charge is 2.29. The second kappa shape index (κ2) is 9.37. The van der Waals surface area contributed by atoms with Gasteiger partial charge in [-0.05, 0) is 42.5 Å². The number of hydrogen-bond acceptors (Lipinski definition) is 6. The Balaban J connectivity index is 1.34. The number of ether oxygens (including phenoxy) is 3. The molecule has 1 aromatic heterocycles. The lowest BCUT2D eigenvalue weighted by molar-refractivity contribution is 0.0736. The molecule has 0 aliphatic carbocycles. The molecular formula is C31H19FO6. The van der Waals surface area contributed by atoms with Crippen molar-refractivity contribution < 1.29 is 32.6 Å². The van der Waals surface area contributed by atoms with Crippen LogP contribution in [-0.2, 0) is 0 Å². The lowest BCUT2D eigenvalue weighted by atomic mass is 10.1. The minimum Gasteiger partial charge on any atom is -0.497 e. The van der Waals surface area contributed by atoms with Crippen LogP contribution in [0.15, 0.2) is 101 Å². The summed E-state index contributed by atoms with van der Waals surface area (Å²) in [5.41, 5.74) is 1.97. The fourth-order valence-corrected chi connectivity index (χ4v) is 4.32. The Hall–Kier alpha value is -5.17. The van der Waals surface area contributed by atoms with Crippen molar-refractivity contribution in [1.82, 2.24) is 0 Å². The van der Waals surface area contributed by atoms with Gasteiger partial charge in [0, 0.05) is 22.6 Å². The first kappa shape index (κ1) is 23.2. The average Bonchev–Trinajstić information content (AvgIpc) is 3.47. The van der Waals surface area contributed by atoms with Crippen LogP contribution in [0.1, 0.15) is 26.3 Å². The van der Waals surface area contributed by atoms with E-state index in [1.54, 1.807) is 36.4 Å². The second-order valence-electron chi connectivity index (χ2n) is 8.54. The van der Waals surface area contributed by atoms with Gasteiger partial charge in [-0.1, -0.05) is 48.5 Å². The minimum absolute atomic E-state index is 0.0205. The third-order valence-corrected chi connectivity index (χ3v) is 6.18. The Morgan fingerprint density at radius 2 is 1.66 bits per heavy atom. The number of carbonyl (C=O) groups is 2. The molecule has 0 spiro atoms. The first-order chi connectivity index (χ1) is 18.5. The van der Waals surface area contributed by atoms with Crippen molar-refractivity contribution in [3.8, 4) is 28.6 Å². The molecule has 4 aromatic carbocycles. The number of carbonyl (C=O) groups excluding carboxylic acids is 2. The van der Waals surface area contributed by atoms with Crippen molar-refractivity contribution in [3.05, 3.63) is 119 Å². The van der Waals surface area contributed by atoms with Crippen molar-refractivity contribution in [2.45, 2.75) is 0 Å². The SMILES string of the molecule is COc1ccc2oc(-c3ccccc3)c(C(=O)Oc3ccc4c(c3)O/C(=C\c3ccccc3F)C4=O)c2c1. The van der Waals surface area contributed by atoms with Gasteiger partial charge in [-0.3, -0.25) is 4.79 Å². The maximum Gasteiger partial charge on any atom is 0.348 e. The zero-order valence-electron chi connectivity index (χ0n) is 20.1. The quantitative estimate of drug-likeness (QED) is 0.144. The Kier molecular flexibility index (Phi) is 5.73. The first-order valence-electron chi connectivity index (χ1n) is 11.7. The molecule has 5 aromatic rings. The summed E-state index contributed by atoms with van der Waals surface area (Å²) in [6, 6.07) is 25.0. The van der Waals surface area contributed by atoms with E-state index in [0.29, 0.717) is 28.0 Å². The van der Waals surface area contributed by atoms with Crippen LogP contribution in [0.5, 0.6) is 17.2 Å². The molecule has 0 saturated carbocycles. The van der Waals surface area contributed by atoms with Gasteiger partial charge in [0.1, 0.15) is 40.0 Å². The lowest BCUT2D eigenvalue weighted by Gasteiger charge is -2.07. The zero-order chi connectivity index (χ0) is 26.2. The fourth-order valence-electron chi connectivity index (χ4n) is 4.32. The molecule has 0 bridgehead atoms. The van der Waals surface area contributed by atoms with Gasteiger partial charge >= 0.3 is 5.97 Å². The van der Waals surface area contributed by atoms with E-state index < -0.39 is 11.8 Å². The van der Waals surface area contributed by atoms with Gasteiger partial charge in [0.15, 0.2) is 5.76 Å². The fraction of sp³-hybridized carbons (Fsp3) is 0.0323. The number of hydrogen-bond donors (Lipinski definition) is 0. The van der Waals surface area contributed by atoms with E-state index in [1.165, 1.54) is 37.5 Å². The number of halogens is 1. The molecular weight excluding hydrogens is 487 g/mol. The smallest absolute Gasteiger partial charge is 0.348 e.